The minimum Gasteiger partial charge on any atom is -0.495 e. The zero-order valence-corrected chi connectivity index (χ0v) is 14.9. The second kappa shape index (κ2) is 8.39. The zero-order chi connectivity index (χ0) is 18.4. The van der Waals surface area contributed by atoms with Crippen LogP contribution in [-0.2, 0) is 9.59 Å². The highest BCUT2D eigenvalue weighted by molar-refractivity contribution is 6.30. The largest absolute Gasteiger partial charge is 0.495 e. The molecule has 2 aromatic carbocycles. The Labute approximate surface area is 151 Å². The summed E-state index contributed by atoms with van der Waals surface area (Å²) in [5, 5.41) is 5.98. The predicted molar refractivity (Wildman–Crippen MR) is 97.5 cm³/mol. The molecule has 0 heterocycles. The molecule has 1 atom stereocenters. The number of ether oxygens (including phenoxy) is 2. The fourth-order valence-electron chi connectivity index (χ4n) is 2.09. The Hall–Kier alpha value is -2.73. The molecule has 2 rings (SSSR count). The van der Waals surface area contributed by atoms with Crippen molar-refractivity contribution in [1.82, 2.24) is 0 Å². The summed E-state index contributed by atoms with van der Waals surface area (Å²) in [7, 11) is 1.50. The number of benzene rings is 2. The van der Waals surface area contributed by atoms with E-state index in [0.29, 0.717) is 27.9 Å². The highest BCUT2D eigenvalue weighted by Gasteiger charge is 2.17. The average molecular weight is 363 g/mol. The third kappa shape index (κ3) is 5.39. The van der Waals surface area contributed by atoms with Crippen molar-refractivity contribution in [1.29, 1.82) is 0 Å². The van der Waals surface area contributed by atoms with Crippen LogP contribution in [0.3, 0.4) is 0 Å². The Balaban J connectivity index is 2.09. The first-order chi connectivity index (χ1) is 11.9. The number of amides is 2. The molecule has 0 bridgehead atoms. The van der Waals surface area contributed by atoms with Gasteiger partial charge < -0.3 is 20.1 Å². The van der Waals surface area contributed by atoms with Crippen molar-refractivity contribution in [2.45, 2.75) is 20.0 Å². The van der Waals surface area contributed by atoms with E-state index < -0.39 is 6.10 Å². The minimum absolute atomic E-state index is 0.207. The Kier molecular flexibility index (Phi) is 6.25. The standard InChI is InChI=1S/C18H19ClN2O4/c1-11(25-15-7-4-13(19)5-8-15)18(23)21-16-10-14(20-12(2)22)6-9-17(16)24-3/h4-11H,1-3H3,(H,20,22)(H,21,23)/t11-/m1/s1. The summed E-state index contributed by atoms with van der Waals surface area (Å²) in [6.07, 6.45) is -0.740. The van der Waals surface area contributed by atoms with Crippen molar-refractivity contribution in [3.05, 3.63) is 47.5 Å². The van der Waals surface area contributed by atoms with E-state index in [1.54, 1.807) is 49.4 Å². The summed E-state index contributed by atoms with van der Waals surface area (Å²) in [6.45, 7) is 3.04. The predicted octanol–water partition coefficient (Wildman–Crippen LogP) is 3.71. The highest BCUT2D eigenvalue weighted by Crippen LogP contribution is 2.28. The molecule has 0 radical (unpaired) electrons. The lowest BCUT2D eigenvalue weighted by Gasteiger charge is -2.17. The molecule has 7 heteroatoms. The third-order valence-electron chi connectivity index (χ3n) is 3.27. The van der Waals surface area contributed by atoms with E-state index in [4.69, 9.17) is 21.1 Å². The maximum atomic E-state index is 12.4. The molecule has 0 aliphatic rings. The topological polar surface area (TPSA) is 76.7 Å². The van der Waals surface area contributed by atoms with Crippen molar-refractivity contribution < 1.29 is 19.1 Å². The monoisotopic (exact) mass is 362 g/mol. The van der Waals surface area contributed by atoms with Crippen LogP contribution in [0.2, 0.25) is 5.02 Å². The van der Waals surface area contributed by atoms with Crippen LogP contribution in [0.15, 0.2) is 42.5 Å². The molecule has 132 valence electrons. The molecule has 0 saturated heterocycles. The smallest absolute Gasteiger partial charge is 0.265 e. The fraction of sp³-hybridized carbons (Fsp3) is 0.222. The molecule has 0 aliphatic carbocycles. The van der Waals surface area contributed by atoms with Gasteiger partial charge in [-0.25, -0.2) is 0 Å². The van der Waals surface area contributed by atoms with Crippen LogP contribution in [0.1, 0.15) is 13.8 Å². The van der Waals surface area contributed by atoms with Gasteiger partial charge >= 0.3 is 0 Å². The van der Waals surface area contributed by atoms with E-state index in [2.05, 4.69) is 10.6 Å². The quantitative estimate of drug-likeness (QED) is 0.821. The van der Waals surface area contributed by atoms with Gasteiger partial charge in [-0.1, -0.05) is 11.6 Å². The molecular formula is C18H19ClN2O4. The van der Waals surface area contributed by atoms with Gasteiger partial charge in [-0.2, -0.15) is 0 Å². The summed E-state index contributed by atoms with van der Waals surface area (Å²) in [5.74, 6) is 0.447. The fourth-order valence-corrected chi connectivity index (χ4v) is 2.22. The number of carbonyl (C=O) groups is 2. The lowest BCUT2D eigenvalue weighted by molar-refractivity contribution is -0.122. The molecule has 0 saturated carbocycles. The molecule has 0 unspecified atom stereocenters. The number of anilines is 2. The Morgan fingerprint density at radius 3 is 2.36 bits per heavy atom. The van der Waals surface area contributed by atoms with Gasteiger partial charge in [-0.05, 0) is 49.4 Å². The van der Waals surface area contributed by atoms with E-state index >= 15 is 0 Å². The number of hydrogen-bond donors (Lipinski definition) is 2. The van der Waals surface area contributed by atoms with E-state index in [0.717, 1.165) is 0 Å². The van der Waals surface area contributed by atoms with Crippen LogP contribution in [-0.4, -0.2) is 25.0 Å². The van der Waals surface area contributed by atoms with Gasteiger partial charge in [0.1, 0.15) is 11.5 Å². The number of halogens is 1. The second-order valence-corrected chi connectivity index (χ2v) is 5.74. The molecular weight excluding hydrogens is 344 g/mol. The summed E-state index contributed by atoms with van der Waals surface area (Å²) in [6, 6.07) is 11.7. The van der Waals surface area contributed by atoms with Crippen LogP contribution in [0.25, 0.3) is 0 Å². The SMILES string of the molecule is COc1ccc(NC(C)=O)cc1NC(=O)[C@@H](C)Oc1ccc(Cl)cc1. The zero-order valence-electron chi connectivity index (χ0n) is 14.1. The van der Waals surface area contributed by atoms with Crippen molar-refractivity contribution in [2.24, 2.45) is 0 Å². The molecule has 0 aromatic heterocycles. The molecule has 2 N–H and O–H groups in total. The molecule has 6 nitrogen and oxygen atoms in total. The van der Waals surface area contributed by atoms with Crippen molar-refractivity contribution >= 4 is 34.8 Å². The second-order valence-electron chi connectivity index (χ2n) is 5.30. The lowest BCUT2D eigenvalue weighted by atomic mass is 10.2. The maximum absolute atomic E-state index is 12.4. The lowest BCUT2D eigenvalue weighted by Crippen LogP contribution is -2.30. The van der Waals surface area contributed by atoms with Gasteiger partial charge in [-0.15, -0.1) is 0 Å². The first kappa shape index (κ1) is 18.6. The van der Waals surface area contributed by atoms with Gasteiger partial charge in [0.05, 0.1) is 12.8 Å². The van der Waals surface area contributed by atoms with Crippen LogP contribution in [0.5, 0.6) is 11.5 Å². The van der Waals surface area contributed by atoms with Crippen LogP contribution in [0, 0.1) is 0 Å². The van der Waals surface area contributed by atoms with Gasteiger partial charge in [0.25, 0.3) is 5.91 Å². The first-order valence-electron chi connectivity index (χ1n) is 7.57. The van der Waals surface area contributed by atoms with E-state index in [1.807, 2.05) is 0 Å². The maximum Gasteiger partial charge on any atom is 0.265 e. The van der Waals surface area contributed by atoms with Crippen LogP contribution >= 0.6 is 11.6 Å². The van der Waals surface area contributed by atoms with Gasteiger partial charge in [0, 0.05) is 17.6 Å². The summed E-state index contributed by atoms with van der Waals surface area (Å²) in [5.41, 5.74) is 0.986. The molecule has 2 amide bonds. The molecule has 25 heavy (non-hydrogen) atoms. The normalized spacial score (nSPS) is 11.4. The summed E-state index contributed by atoms with van der Waals surface area (Å²) in [4.78, 5) is 23.6. The van der Waals surface area contributed by atoms with E-state index in [1.165, 1.54) is 14.0 Å². The number of carbonyl (C=O) groups excluding carboxylic acids is 2. The highest BCUT2D eigenvalue weighted by atomic mass is 35.5. The van der Waals surface area contributed by atoms with E-state index in [-0.39, 0.29) is 11.8 Å². The summed E-state index contributed by atoms with van der Waals surface area (Å²) < 4.78 is 10.8. The first-order valence-corrected chi connectivity index (χ1v) is 7.95. The number of nitrogens with one attached hydrogen (secondary N) is 2. The van der Waals surface area contributed by atoms with E-state index in [9.17, 15) is 9.59 Å². The minimum atomic E-state index is -0.740. The molecule has 0 aliphatic heterocycles. The van der Waals surface area contributed by atoms with Crippen molar-refractivity contribution in [2.75, 3.05) is 17.7 Å². The van der Waals surface area contributed by atoms with Crippen LogP contribution in [0.4, 0.5) is 11.4 Å². The van der Waals surface area contributed by atoms with Gasteiger partial charge in [0.15, 0.2) is 6.10 Å². The third-order valence-corrected chi connectivity index (χ3v) is 3.53. The van der Waals surface area contributed by atoms with Gasteiger partial charge in [-0.3, -0.25) is 9.59 Å². The average Bonchev–Trinajstić information content (AvgIpc) is 2.56. The van der Waals surface area contributed by atoms with Gasteiger partial charge in [0.2, 0.25) is 5.91 Å². The Morgan fingerprint density at radius 2 is 1.76 bits per heavy atom. The van der Waals surface area contributed by atoms with Crippen molar-refractivity contribution in [3.8, 4) is 11.5 Å². The molecule has 2 aromatic rings. The Bertz CT molecular complexity index is 762. The van der Waals surface area contributed by atoms with Crippen LogP contribution < -0.4 is 20.1 Å². The number of hydrogen-bond acceptors (Lipinski definition) is 4. The molecule has 0 fully saturated rings. The number of rotatable bonds is 6. The Morgan fingerprint density at radius 1 is 1.08 bits per heavy atom. The van der Waals surface area contributed by atoms with Crippen molar-refractivity contribution in [3.63, 3.8) is 0 Å². The molecule has 0 spiro atoms. The number of methoxy groups -OCH3 is 1. The summed E-state index contributed by atoms with van der Waals surface area (Å²) >= 11 is 5.82.